The maximum absolute atomic E-state index is 12.6. The van der Waals surface area contributed by atoms with Crippen molar-refractivity contribution in [1.29, 1.82) is 0 Å². The van der Waals surface area contributed by atoms with Crippen molar-refractivity contribution in [3.8, 4) is 0 Å². The van der Waals surface area contributed by atoms with Crippen LogP contribution < -0.4 is 11.2 Å². The SMILES string of the molecule is O=C1CCCC[C@H]1Sc1nc(C2CC2)nc2c1c(=O)[nH]c(=O)n2C1CC1. The van der Waals surface area contributed by atoms with Crippen LogP contribution in [0.2, 0.25) is 0 Å². The third-order valence-corrected chi connectivity index (χ3v) is 6.68. The summed E-state index contributed by atoms with van der Waals surface area (Å²) in [5, 5.41) is 0.770. The maximum atomic E-state index is 12.6. The van der Waals surface area contributed by atoms with Gasteiger partial charge >= 0.3 is 5.69 Å². The van der Waals surface area contributed by atoms with Gasteiger partial charge in [-0.05, 0) is 38.5 Å². The molecule has 8 heteroatoms. The van der Waals surface area contributed by atoms with Crippen molar-refractivity contribution in [2.45, 2.75) is 73.6 Å². The maximum Gasteiger partial charge on any atom is 0.330 e. The summed E-state index contributed by atoms with van der Waals surface area (Å²) in [5.41, 5.74) is -0.394. The molecule has 3 fully saturated rings. The molecule has 2 aromatic heterocycles. The minimum absolute atomic E-state index is 0.109. The lowest BCUT2D eigenvalue weighted by atomic mass is 9.99. The number of hydrogen-bond acceptors (Lipinski definition) is 6. The predicted octanol–water partition coefficient (Wildman–Crippen LogP) is 2.30. The van der Waals surface area contributed by atoms with Gasteiger partial charge in [0.15, 0.2) is 5.65 Å². The molecule has 1 N–H and O–H groups in total. The summed E-state index contributed by atoms with van der Waals surface area (Å²) in [7, 11) is 0. The molecule has 0 unspecified atom stereocenters. The normalized spacial score (nSPS) is 23.5. The number of aromatic amines is 1. The minimum Gasteiger partial charge on any atom is -0.298 e. The van der Waals surface area contributed by atoms with Crippen molar-refractivity contribution in [1.82, 2.24) is 19.5 Å². The average Bonchev–Trinajstić information content (AvgIpc) is 3.49. The lowest BCUT2D eigenvalue weighted by Gasteiger charge is -2.20. The van der Waals surface area contributed by atoms with E-state index in [-0.39, 0.29) is 17.1 Å². The second kappa shape index (κ2) is 6.04. The third kappa shape index (κ3) is 2.80. The van der Waals surface area contributed by atoms with E-state index in [1.807, 2.05) is 0 Å². The Balaban J connectivity index is 1.70. The summed E-state index contributed by atoms with van der Waals surface area (Å²) in [4.78, 5) is 49.0. The highest BCUT2D eigenvalue weighted by atomic mass is 32.2. The lowest BCUT2D eigenvalue weighted by Crippen LogP contribution is -2.31. The molecule has 136 valence electrons. The van der Waals surface area contributed by atoms with E-state index in [9.17, 15) is 14.4 Å². The molecule has 0 aliphatic heterocycles. The summed E-state index contributed by atoms with van der Waals surface area (Å²) < 4.78 is 1.62. The van der Waals surface area contributed by atoms with Gasteiger partial charge in [0.2, 0.25) is 0 Å². The zero-order valence-corrected chi connectivity index (χ0v) is 15.2. The quantitative estimate of drug-likeness (QED) is 0.827. The zero-order chi connectivity index (χ0) is 17.8. The van der Waals surface area contributed by atoms with Crippen LogP contribution in [0, 0.1) is 0 Å². The number of nitrogens with zero attached hydrogens (tertiary/aromatic N) is 3. The van der Waals surface area contributed by atoms with Crippen LogP contribution in [0.5, 0.6) is 0 Å². The molecule has 0 bridgehead atoms. The second-order valence-electron chi connectivity index (χ2n) is 7.54. The number of thioether (sulfide) groups is 1. The molecule has 0 spiro atoms. The second-order valence-corrected chi connectivity index (χ2v) is 8.73. The molecule has 2 aromatic rings. The molecule has 3 aliphatic carbocycles. The molecular weight excluding hydrogens is 352 g/mol. The molecule has 3 aliphatic rings. The van der Waals surface area contributed by atoms with Crippen LogP contribution in [-0.2, 0) is 4.79 Å². The first kappa shape index (κ1) is 16.2. The summed E-state index contributed by atoms with van der Waals surface area (Å²) in [6.07, 6.45) is 7.29. The van der Waals surface area contributed by atoms with Crippen LogP contribution in [0.3, 0.4) is 0 Å². The number of H-pyrrole nitrogens is 1. The number of rotatable bonds is 4. The molecule has 2 heterocycles. The van der Waals surface area contributed by atoms with Gasteiger partial charge in [-0.15, -0.1) is 0 Å². The van der Waals surface area contributed by atoms with Crippen LogP contribution in [0.4, 0.5) is 0 Å². The van der Waals surface area contributed by atoms with Gasteiger partial charge in [0.25, 0.3) is 5.56 Å². The first-order valence-electron chi connectivity index (χ1n) is 9.37. The minimum atomic E-state index is -0.449. The highest BCUT2D eigenvalue weighted by Crippen LogP contribution is 2.42. The van der Waals surface area contributed by atoms with Crippen LogP contribution in [0.1, 0.15) is 69.2 Å². The van der Waals surface area contributed by atoms with Gasteiger partial charge in [0, 0.05) is 18.4 Å². The van der Waals surface area contributed by atoms with E-state index in [2.05, 4.69) is 15.0 Å². The van der Waals surface area contributed by atoms with Gasteiger partial charge in [-0.25, -0.2) is 14.8 Å². The number of nitrogens with one attached hydrogen (secondary N) is 1. The average molecular weight is 372 g/mol. The molecular formula is C18H20N4O3S. The van der Waals surface area contributed by atoms with E-state index in [1.165, 1.54) is 11.8 Å². The van der Waals surface area contributed by atoms with E-state index in [1.54, 1.807) is 4.57 Å². The molecule has 7 nitrogen and oxygen atoms in total. The van der Waals surface area contributed by atoms with E-state index < -0.39 is 11.2 Å². The molecule has 0 saturated heterocycles. The van der Waals surface area contributed by atoms with Crippen LogP contribution >= 0.6 is 11.8 Å². The van der Waals surface area contributed by atoms with Gasteiger partial charge in [-0.1, -0.05) is 18.2 Å². The van der Waals surface area contributed by atoms with Crippen molar-refractivity contribution >= 4 is 28.6 Å². The summed E-state index contributed by atoms with van der Waals surface area (Å²) in [6.45, 7) is 0. The Morgan fingerprint density at radius 1 is 1.00 bits per heavy atom. The number of hydrogen-bond donors (Lipinski definition) is 1. The third-order valence-electron chi connectivity index (χ3n) is 5.38. The van der Waals surface area contributed by atoms with E-state index in [0.29, 0.717) is 34.2 Å². The smallest absolute Gasteiger partial charge is 0.298 e. The fraction of sp³-hybridized carbons (Fsp3) is 0.611. The zero-order valence-electron chi connectivity index (χ0n) is 14.4. The highest BCUT2D eigenvalue weighted by molar-refractivity contribution is 8.00. The summed E-state index contributed by atoms with van der Waals surface area (Å²) >= 11 is 1.39. The van der Waals surface area contributed by atoms with Crippen molar-refractivity contribution in [2.24, 2.45) is 0 Å². The van der Waals surface area contributed by atoms with Gasteiger partial charge in [0.05, 0.1) is 5.25 Å². The largest absolute Gasteiger partial charge is 0.330 e. The molecule has 26 heavy (non-hydrogen) atoms. The fourth-order valence-corrected chi connectivity index (χ4v) is 4.88. The van der Waals surface area contributed by atoms with Gasteiger partial charge in [-0.2, -0.15) is 0 Å². The molecule has 1 atom stereocenters. The van der Waals surface area contributed by atoms with Crippen LogP contribution in [0.15, 0.2) is 14.6 Å². The Morgan fingerprint density at radius 2 is 1.81 bits per heavy atom. The highest BCUT2D eigenvalue weighted by Gasteiger charge is 2.33. The van der Waals surface area contributed by atoms with Gasteiger partial charge in [0.1, 0.15) is 22.0 Å². The summed E-state index contributed by atoms with van der Waals surface area (Å²) in [6, 6.07) is 0.109. The number of ketones is 1. The number of aromatic nitrogens is 4. The van der Waals surface area contributed by atoms with Gasteiger partial charge < -0.3 is 0 Å². The first-order chi connectivity index (χ1) is 12.6. The number of fused-ring (bicyclic) bond motifs is 1. The van der Waals surface area contributed by atoms with E-state index >= 15 is 0 Å². The number of carbonyl (C=O) groups is 1. The Kier molecular flexibility index (Phi) is 3.77. The summed E-state index contributed by atoms with van der Waals surface area (Å²) in [5.74, 6) is 1.25. The Bertz CT molecular complexity index is 1020. The monoisotopic (exact) mass is 372 g/mol. The van der Waals surface area contributed by atoms with Crippen molar-refractivity contribution < 1.29 is 4.79 Å². The fourth-order valence-electron chi connectivity index (χ4n) is 3.63. The Labute approximate surface area is 153 Å². The molecule has 5 rings (SSSR count). The molecule has 0 aromatic carbocycles. The van der Waals surface area contributed by atoms with Gasteiger partial charge in [-0.3, -0.25) is 19.1 Å². The van der Waals surface area contributed by atoms with Crippen molar-refractivity contribution in [3.63, 3.8) is 0 Å². The molecule has 3 saturated carbocycles. The number of carbonyl (C=O) groups excluding carboxylic acids is 1. The van der Waals surface area contributed by atoms with E-state index in [4.69, 9.17) is 0 Å². The van der Waals surface area contributed by atoms with Crippen LogP contribution in [-0.4, -0.2) is 30.6 Å². The van der Waals surface area contributed by atoms with Crippen molar-refractivity contribution in [3.05, 3.63) is 26.7 Å². The van der Waals surface area contributed by atoms with Crippen LogP contribution in [0.25, 0.3) is 11.0 Å². The Hall–Kier alpha value is -1.96. The lowest BCUT2D eigenvalue weighted by molar-refractivity contribution is -0.119. The first-order valence-corrected chi connectivity index (χ1v) is 10.3. The molecule has 0 amide bonds. The number of Topliss-reactive ketones (excluding diaryl/α,β-unsaturated/α-hetero) is 1. The topological polar surface area (TPSA) is 97.7 Å². The van der Waals surface area contributed by atoms with E-state index in [0.717, 1.165) is 44.9 Å². The standard InChI is InChI=1S/C18H20N4O3S/c23-11-3-1-2-4-12(11)26-17-13-15(19-14(20-17)9-5-6-9)22(10-7-8-10)18(25)21-16(13)24/h9-10,12H,1-8H2,(H,21,24,25)/t12-/m1/s1. The predicted molar refractivity (Wildman–Crippen MR) is 97.8 cm³/mol. The van der Waals surface area contributed by atoms with Crippen molar-refractivity contribution in [2.75, 3.05) is 0 Å². The molecule has 0 radical (unpaired) electrons. The Morgan fingerprint density at radius 3 is 2.50 bits per heavy atom.